The van der Waals surface area contributed by atoms with E-state index >= 15 is 0 Å². The largest absolute Gasteiger partial charge is 0.493 e. The summed E-state index contributed by atoms with van der Waals surface area (Å²) in [4.78, 5) is 39.1. The van der Waals surface area contributed by atoms with Crippen molar-refractivity contribution in [3.05, 3.63) is 52.3 Å². The van der Waals surface area contributed by atoms with Gasteiger partial charge in [0.25, 0.3) is 0 Å². The van der Waals surface area contributed by atoms with Crippen LogP contribution in [-0.2, 0) is 14.3 Å². The van der Waals surface area contributed by atoms with Crippen molar-refractivity contribution >= 4 is 17.7 Å². The summed E-state index contributed by atoms with van der Waals surface area (Å²) in [5.41, 5.74) is 2.57. The van der Waals surface area contributed by atoms with Gasteiger partial charge in [-0.25, -0.2) is 4.79 Å². The molecule has 0 aliphatic rings. The van der Waals surface area contributed by atoms with Crippen LogP contribution in [0.1, 0.15) is 51.0 Å². The smallest absolute Gasteiger partial charge is 0.355 e. The average Bonchev–Trinajstić information content (AvgIpc) is 2.96. The number of nitrogens with one attached hydrogen (secondary N) is 1. The van der Waals surface area contributed by atoms with E-state index in [4.69, 9.17) is 14.2 Å². The van der Waals surface area contributed by atoms with Crippen molar-refractivity contribution in [1.29, 1.82) is 0 Å². The van der Waals surface area contributed by atoms with Gasteiger partial charge in [-0.2, -0.15) is 0 Å². The van der Waals surface area contributed by atoms with E-state index in [-0.39, 0.29) is 31.1 Å². The number of ether oxygens (including phenoxy) is 3. The van der Waals surface area contributed by atoms with Crippen molar-refractivity contribution in [3.63, 3.8) is 0 Å². The van der Waals surface area contributed by atoms with Gasteiger partial charge in [-0.1, -0.05) is 18.2 Å². The molecule has 0 bridgehead atoms. The molecule has 0 radical (unpaired) electrons. The number of carbonyl (C=O) groups is 3. The van der Waals surface area contributed by atoms with Crippen LogP contribution in [0.3, 0.4) is 0 Å². The standard InChI is InChI=1S/C21H25NO6/c1-5-26-21(25)20-14(3)19(15(4)22-20)16(23)12-28-18(24)10-11-27-17-9-7-6-8-13(17)2/h6-9,22H,5,10-12H2,1-4H3. The first-order valence-corrected chi connectivity index (χ1v) is 9.08. The number of esters is 2. The number of para-hydroxylation sites is 1. The third-order valence-corrected chi connectivity index (χ3v) is 4.22. The monoisotopic (exact) mass is 387 g/mol. The summed E-state index contributed by atoms with van der Waals surface area (Å²) in [5.74, 6) is -0.725. The van der Waals surface area contributed by atoms with Crippen LogP contribution in [0, 0.1) is 20.8 Å². The zero-order valence-electron chi connectivity index (χ0n) is 16.6. The van der Waals surface area contributed by atoms with E-state index in [1.165, 1.54) is 0 Å². The molecule has 0 unspecified atom stereocenters. The minimum absolute atomic E-state index is 0.0286. The highest BCUT2D eigenvalue weighted by atomic mass is 16.5. The van der Waals surface area contributed by atoms with Crippen molar-refractivity contribution in [3.8, 4) is 5.75 Å². The van der Waals surface area contributed by atoms with Gasteiger partial charge in [-0.15, -0.1) is 0 Å². The van der Waals surface area contributed by atoms with Gasteiger partial charge in [0.2, 0.25) is 5.78 Å². The molecule has 1 N–H and O–H groups in total. The summed E-state index contributed by atoms with van der Waals surface area (Å²) in [6.45, 7) is 6.96. The van der Waals surface area contributed by atoms with Crippen LogP contribution in [0.25, 0.3) is 0 Å². The number of rotatable bonds is 9. The second kappa shape index (κ2) is 9.73. The number of Topliss-reactive ketones (excluding diaryl/α,β-unsaturated/α-hetero) is 1. The Labute approximate surface area is 164 Å². The Hall–Kier alpha value is -3.09. The van der Waals surface area contributed by atoms with Gasteiger partial charge < -0.3 is 19.2 Å². The fourth-order valence-corrected chi connectivity index (χ4v) is 2.83. The Kier molecular flexibility index (Phi) is 7.37. The molecule has 1 aromatic heterocycles. The van der Waals surface area contributed by atoms with Gasteiger partial charge in [0.15, 0.2) is 6.61 Å². The number of hydrogen-bond donors (Lipinski definition) is 1. The first-order chi connectivity index (χ1) is 13.3. The third kappa shape index (κ3) is 5.22. The van der Waals surface area contributed by atoms with E-state index in [1.807, 2.05) is 31.2 Å². The Morgan fingerprint density at radius 2 is 1.75 bits per heavy atom. The minimum Gasteiger partial charge on any atom is -0.493 e. The highest BCUT2D eigenvalue weighted by Crippen LogP contribution is 2.20. The Bertz CT molecular complexity index is 868. The molecule has 1 heterocycles. The normalized spacial score (nSPS) is 10.4. The number of aromatic nitrogens is 1. The van der Waals surface area contributed by atoms with E-state index < -0.39 is 18.5 Å². The molecule has 7 heteroatoms. The van der Waals surface area contributed by atoms with Crippen LogP contribution in [0.5, 0.6) is 5.75 Å². The molecule has 0 spiro atoms. The zero-order valence-corrected chi connectivity index (χ0v) is 16.6. The Morgan fingerprint density at radius 1 is 1.04 bits per heavy atom. The van der Waals surface area contributed by atoms with Crippen LogP contribution in [0.4, 0.5) is 0 Å². The van der Waals surface area contributed by atoms with E-state index in [1.54, 1.807) is 20.8 Å². The lowest BCUT2D eigenvalue weighted by Crippen LogP contribution is -2.17. The minimum atomic E-state index is -0.529. The van der Waals surface area contributed by atoms with Crippen LogP contribution >= 0.6 is 0 Å². The molecule has 28 heavy (non-hydrogen) atoms. The lowest BCUT2D eigenvalue weighted by atomic mass is 10.1. The number of H-pyrrole nitrogens is 1. The van der Waals surface area contributed by atoms with Crippen molar-refractivity contribution in [2.75, 3.05) is 19.8 Å². The quantitative estimate of drug-likeness (QED) is 0.524. The molecule has 2 aromatic rings. The van der Waals surface area contributed by atoms with Crippen LogP contribution in [0.2, 0.25) is 0 Å². The first-order valence-electron chi connectivity index (χ1n) is 9.08. The molecule has 2 rings (SSSR count). The summed E-state index contributed by atoms with van der Waals surface area (Å²) in [5, 5.41) is 0. The van der Waals surface area contributed by atoms with Crippen molar-refractivity contribution < 1.29 is 28.6 Å². The molecule has 0 saturated carbocycles. The molecule has 0 saturated heterocycles. The number of ketones is 1. The molecule has 1 aromatic carbocycles. The summed E-state index contributed by atoms with van der Waals surface area (Å²) in [6.07, 6.45) is 0.0286. The summed E-state index contributed by atoms with van der Waals surface area (Å²) in [6, 6.07) is 7.49. The van der Waals surface area contributed by atoms with Crippen molar-refractivity contribution in [2.45, 2.75) is 34.1 Å². The van der Waals surface area contributed by atoms with Gasteiger partial charge in [-0.05, 0) is 44.9 Å². The maximum absolute atomic E-state index is 12.4. The fourth-order valence-electron chi connectivity index (χ4n) is 2.83. The van der Waals surface area contributed by atoms with Gasteiger partial charge in [0.1, 0.15) is 11.4 Å². The first kappa shape index (κ1) is 21.2. The van der Waals surface area contributed by atoms with Crippen molar-refractivity contribution in [2.24, 2.45) is 0 Å². The van der Waals surface area contributed by atoms with Crippen LogP contribution in [0.15, 0.2) is 24.3 Å². The number of carbonyl (C=O) groups excluding carboxylic acids is 3. The fraction of sp³-hybridized carbons (Fsp3) is 0.381. The predicted octanol–water partition coefficient (Wildman–Crippen LogP) is 3.31. The van der Waals surface area contributed by atoms with E-state index in [2.05, 4.69) is 4.98 Å². The zero-order chi connectivity index (χ0) is 20.7. The number of aromatic amines is 1. The van der Waals surface area contributed by atoms with Crippen LogP contribution < -0.4 is 4.74 Å². The maximum Gasteiger partial charge on any atom is 0.355 e. The molecule has 0 aliphatic heterocycles. The number of aryl methyl sites for hydroxylation is 2. The molecule has 0 amide bonds. The highest BCUT2D eigenvalue weighted by Gasteiger charge is 2.23. The SMILES string of the molecule is CCOC(=O)c1[nH]c(C)c(C(=O)COC(=O)CCOc2ccccc2C)c1C. The molecule has 0 fully saturated rings. The molecule has 0 aliphatic carbocycles. The topological polar surface area (TPSA) is 94.7 Å². The number of benzene rings is 1. The average molecular weight is 387 g/mol. The van der Waals surface area contributed by atoms with E-state index in [0.29, 0.717) is 22.6 Å². The highest BCUT2D eigenvalue weighted by molar-refractivity contribution is 6.03. The maximum atomic E-state index is 12.4. The van der Waals surface area contributed by atoms with E-state index in [0.717, 1.165) is 5.56 Å². The third-order valence-electron chi connectivity index (χ3n) is 4.22. The van der Waals surface area contributed by atoms with Crippen molar-refractivity contribution in [1.82, 2.24) is 4.98 Å². The summed E-state index contributed by atoms with van der Waals surface area (Å²) < 4.78 is 15.6. The molecule has 0 atom stereocenters. The van der Waals surface area contributed by atoms with Gasteiger partial charge >= 0.3 is 11.9 Å². The van der Waals surface area contributed by atoms with Gasteiger partial charge in [-0.3, -0.25) is 9.59 Å². The number of hydrogen-bond acceptors (Lipinski definition) is 6. The summed E-state index contributed by atoms with van der Waals surface area (Å²) >= 11 is 0. The second-order valence-corrected chi connectivity index (χ2v) is 6.29. The Morgan fingerprint density at radius 3 is 2.43 bits per heavy atom. The second-order valence-electron chi connectivity index (χ2n) is 6.29. The Balaban J connectivity index is 1.87. The predicted molar refractivity (Wildman–Crippen MR) is 103 cm³/mol. The van der Waals surface area contributed by atoms with Crippen LogP contribution in [-0.4, -0.2) is 42.5 Å². The molecular weight excluding hydrogens is 362 g/mol. The van der Waals surface area contributed by atoms with Gasteiger partial charge in [0, 0.05) is 11.3 Å². The molecular formula is C21H25NO6. The van der Waals surface area contributed by atoms with E-state index in [9.17, 15) is 14.4 Å². The molecule has 150 valence electrons. The molecule has 7 nitrogen and oxygen atoms in total. The lowest BCUT2D eigenvalue weighted by Gasteiger charge is -2.09. The van der Waals surface area contributed by atoms with Gasteiger partial charge in [0.05, 0.1) is 19.6 Å². The lowest BCUT2D eigenvalue weighted by molar-refractivity contribution is -0.143. The summed E-state index contributed by atoms with van der Waals surface area (Å²) in [7, 11) is 0.